The summed E-state index contributed by atoms with van der Waals surface area (Å²) >= 11 is 5.59. The largest absolute Gasteiger partial charge is 0.497 e. The molecule has 1 atom stereocenters. The Hall–Kier alpha value is -2.11. The SMILES string of the molecule is COc1ccc(C(CNC(=S)Nc2cccc(C)c2C)N2CCCCC2)cc1. The highest BCUT2D eigenvalue weighted by molar-refractivity contribution is 7.80. The molecule has 0 radical (unpaired) electrons. The summed E-state index contributed by atoms with van der Waals surface area (Å²) in [5.74, 6) is 0.890. The van der Waals surface area contributed by atoms with Gasteiger partial charge in [-0.3, -0.25) is 4.90 Å². The van der Waals surface area contributed by atoms with Gasteiger partial charge in [-0.1, -0.05) is 30.7 Å². The highest BCUT2D eigenvalue weighted by atomic mass is 32.1. The Morgan fingerprint density at radius 1 is 1.07 bits per heavy atom. The first-order chi connectivity index (χ1) is 13.6. The second-order valence-corrected chi connectivity index (χ2v) is 7.88. The van der Waals surface area contributed by atoms with E-state index in [4.69, 9.17) is 17.0 Å². The topological polar surface area (TPSA) is 36.5 Å². The zero-order chi connectivity index (χ0) is 19.9. The summed E-state index contributed by atoms with van der Waals surface area (Å²) in [4.78, 5) is 2.57. The minimum Gasteiger partial charge on any atom is -0.497 e. The number of aryl methyl sites for hydroxylation is 1. The minimum absolute atomic E-state index is 0.296. The van der Waals surface area contributed by atoms with Gasteiger partial charge < -0.3 is 15.4 Å². The molecule has 28 heavy (non-hydrogen) atoms. The molecule has 1 unspecified atom stereocenters. The van der Waals surface area contributed by atoms with E-state index in [2.05, 4.69) is 59.7 Å². The molecule has 1 saturated heterocycles. The number of methoxy groups -OCH3 is 1. The molecule has 0 amide bonds. The molecule has 2 aromatic carbocycles. The Morgan fingerprint density at radius 3 is 2.46 bits per heavy atom. The summed E-state index contributed by atoms with van der Waals surface area (Å²) in [5, 5.41) is 7.48. The average Bonchev–Trinajstić information content (AvgIpc) is 2.73. The van der Waals surface area contributed by atoms with Gasteiger partial charge in [-0.05, 0) is 86.9 Å². The van der Waals surface area contributed by atoms with E-state index in [0.717, 1.165) is 31.1 Å². The van der Waals surface area contributed by atoms with Gasteiger partial charge in [0.1, 0.15) is 5.75 Å². The van der Waals surface area contributed by atoms with E-state index in [0.29, 0.717) is 11.2 Å². The monoisotopic (exact) mass is 397 g/mol. The van der Waals surface area contributed by atoms with Crippen LogP contribution in [0.4, 0.5) is 5.69 Å². The van der Waals surface area contributed by atoms with Crippen LogP contribution in [0.3, 0.4) is 0 Å². The average molecular weight is 398 g/mol. The first kappa shape index (κ1) is 20.6. The number of benzene rings is 2. The first-order valence-corrected chi connectivity index (χ1v) is 10.5. The van der Waals surface area contributed by atoms with Gasteiger partial charge in [-0.25, -0.2) is 0 Å². The molecule has 5 heteroatoms. The molecule has 1 aliphatic heterocycles. The van der Waals surface area contributed by atoms with Gasteiger partial charge in [0.05, 0.1) is 13.2 Å². The van der Waals surface area contributed by atoms with Crippen LogP contribution in [0.1, 0.15) is 42.0 Å². The van der Waals surface area contributed by atoms with Crippen molar-refractivity contribution in [2.45, 2.75) is 39.2 Å². The molecule has 0 spiro atoms. The lowest BCUT2D eigenvalue weighted by atomic mass is 10.0. The number of likely N-dealkylation sites (tertiary alicyclic amines) is 1. The number of hydrogen-bond acceptors (Lipinski definition) is 3. The maximum atomic E-state index is 5.59. The Balaban J connectivity index is 1.68. The van der Waals surface area contributed by atoms with E-state index >= 15 is 0 Å². The van der Waals surface area contributed by atoms with Gasteiger partial charge in [0.25, 0.3) is 0 Å². The third kappa shape index (κ3) is 5.24. The number of rotatable bonds is 6. The molecule has 150 valence electrons. The molecule has 1 aliphatic rings. The molecule has 0 saturated carbocycles. The van der Waals surface area contributed by atoms with Crippen LogP contribution < -0.4 is 15.4 Å². The van der Waals surface area contributed by atoms with Crippen molar-refractivity contribution < 1.29 is 4.74 Å². The molecule has 2 aromatic rings. The van der Waals surface area contributed by atoms with Gasteiger partial charge >= 0.3 is 0 Å². The fourth-order valence-electron chi connectivity index (χ4n) is 3.76. The second-order valence-electron chi connectivity index (χ2n) is 7.47. The van der Waals surface area contributed by atoms with Gasteiger partial charge in [-0.15, -0.1) is 0 Å². The highest BCUT2D eigenvalue weighted by Crippen LogP contribution is 2.26. The van der Waals surface area contributed by atoms with Gasteiger partial charge in [0.2, 0.25) is 0 Å². The first-order valence-electron chi connectivity index (χ1n) is 10.1. The number of hydrogen-bond donors (Lipinski definition) is 2. The molecule has 0 aliphatic carbocycles. The molecule has 2 N–H and O–H groups in total. The van der Waals surface area contributed by atoms with Crippen molar-refractivity contribution in [3.63, 3.8) is 0 Å². The third-order valence-corrected chi connectivity index (χ3v) is 5.89. The van der Waals surface area contributed by atoms with Crippen molar-refractivity contribution in [3.8, 4) is 5.75 Å². The normalized spacial score (nSPS) is 15.7. The van der Waals surface area contributed by atoms with Crippen molar-refractivity contribution in [1.82, 2.24) is 10.2 Å². The lowest BCUT2D eigenvalue weighted by Crippen LogP contribution is -2.41. The van der Waals surface area contributed by atoms with Crippen molar-refractivity contribution in [1.29, 1.82) is 0 Å². The van der Waals surface area contributed by atoms with Crippen LogP contribution in [0, 0.1) is 13.8 Å². The van der Waals surface area contributed by atoms with Crippen LogP contribution in [0.2, 0.25) is 0 Å². The molecule has 1 fully saturated rings. The van der Waals surface area contributed by atoms with Crippen LogP contribution >= 0.6 is 12.2 Å². The smallest absolute Gasteiger partial charge is 0.170 e. The summed E-state index contributed by atoms with van der Waals surface area (Å²) < 4.78 is 5.32. The molecule has 0 bridgehead atoms. The zero-order valence-corrected chi connectivity index (χ0v) is 17.9. The van der Waals surface area contributed by atoms with Crippen molar-refractivity contribution in [2.24, 2.45) is 0 Å². The number of piperidine rings is 1. The Bertz CT molecular complexity index is 785. The van der Waals surface area contributed by atoms with E-state index in [1.165, 1.54) is 36.0 Å². The molecule has 4 nitrogen and oxygen atoms in total. The Morgan fingerprint density at radius 2 is 1.79 bits per heavy atom. The molecular formula is C23H31N3OS. The number of nitrogens with one attached hydrogen (secondary N) is 2. The van der Waals surface area contributed by atoms with Crippen LogP contribution in [-0.4, -0.2) is 36.8 Å². The maximum absolute atomic E-state index is 5.59. The third-order valence-electron chi connectivity index (χ3n) is 5.64. The molecule has 1 heterocycles. The highest BCUT2D eigenvalue weighted by Gasteiger charge is 2.22. The minimum atomic E-state index is 0.296. The van der Waals surface area contributed by atoms with Crippen LogP contribution in [0.15, 0.2) is 42.5 Å². The van der Waals surface area contributed by atoms with Crippen LogP contribution in [0.25, 0.3) is 0 Å². The van der Waals surface area contributed by atoms with E-state index in [-0.39, 0.29) is 0 Å². The van der Waals surface area contributed by atoms with E-state index in [1.54, 1.807) is 7.11 Å². The lowest BCUT2D eigenvalue weighted by Gasteiger charge is -2.35. The number of thiocarbonyl (C=S) groups is 1. The molecular weight excluding hydrogens is 366 g/mol. The number of nitrogens with zero attached hydrogens (tertiary/aromatic N) is 1. The Labute approximate surface area is 174 Å². The van der Waals surface area contributed by atoms with E-state index in [1.807, 2.05) is 12.1 Å². The Kier molecular flexibility index (Phi) is 7.29. The quantitative estimate of drug-likeness (QED) is 0.683. The molecule has 3 rings (SSSR count). The predicted molar refractivity (Wildman–Crippen MR) is 121 cm³/mol. The van der Waals surface area contributed by atoms with Crippen LogP contribution in [0.5, 0.6) is 5.75 Å². The van der Waals surface area contributed by atoms with Crippen molar-refractivity contribution in [2.75, 3.05) is 32.1 Å². The zero-order valence-electron chi connectivity index (χ0n) is 17.1. The summed E-state index contributed by atoms with van der Waals surface area (Å²) in [6.07, 6.45) is 3.85. The number of ether oxygens (including phenoxy) is 1. The van der Waals surface area contributed by atoms with Crippen molar-refractivity contribution >= 4 is 23.0 Å². The van der Waals surface area contributed by atoms with Gasteiger partial charge in [-0.2, -0.15) is 0 Å². The second kappa shape index (κ2) is 9.89. The summed E-state index contributed by atoms with van der Waals surface area (Å²) in [5.41, 5.74) is 4.85. The fraction of sp³-hybridized carbons (Fsp3) is 0.435. The molecule has 0 aromatic heterocycles. The predicted octanol–water partition coefficient (Wildman–Crippen LogP) is 4.83. The number of anilines is 1. The van der Waals surface area contributed by atoms with Crippen molar-refractivity contribution in [3.05, 3.63) is 59.2 Å². The fourth-order valence-corrected chi connectivity index (χ4v) is 3.95. The summed E-state index contributed by atoms with van der Waals surface area (Å²) in [6, 6.07) is 15.0. The van der Waals surface area contributed by atoms with Gasteiger partial charge in [0, 0.05) is 12.2 Å². The van der Waals surface area contributed by atoms with Gasteiger partial charge in [0.15, 0.2) is 5.11 Å². The lowest BCUT2D eigenvalue weighted by molar-refractivity contribution is 0.164. The standard InChI is InChI=1S/C23H31N3OS/c1-17-8-7-9-21(18(17)2)25-23(28)24-16-22(26-14-5-4-6-15-26)19-10-12-20(27-3)13-11-19/h7-13,22H,4-6,14-16H2,1-3H3,(H2,24,25,28). The van der Waals surface area contributed by atoms with E-state index < -0.39 is 0 Å². The summed E-state index contributed by atoms with van der Waals surface area (Å²) in [7, 11) is 1.70. The van der Waals surface area contributed by atoms with E-state index in [9.17, 15) is 0 Å². The summed E-state index contributed by atoms with van der Waals surface area (Å²) in [6.45, 7) is 7.29. The van der Waals surface area contributed by atoms with Crippen LogP contribution in [-0.2, 0) is 0 Å². The maximum Gasteiger partial charge on any atom is 0.170 e.